The van der Waals surface area contributed by atoms with Crippen LogP contribution in [0.4, 0.5) is 26.1 Å². The van der Waals surface area contributed by atoms with Crippen LogP contribution >= 0.6 is 0 Å². The summed E-state index contributed by atoms with van der Waals surface area (Å²) in [6.07, 6.45) is 7.78. The highest BCUT2D eigenvalue weighted by molar-refractivity contribution is 5.89. The van der Waals surface area contributed by atoms with Gasteiger partial charge in [-0.25, -0.2) is 19.3 Å². The van der Waals surface area contributed by atoms with Gasteiger partial charge in [-0.05, 0) is 67.9 Å². The lowest BCUT2D eigenvalue weighted by Gasteiger charge is -2.35. The molecule has 2 aliphatic heterocycles. The lowest BCUT2D eigenvalue weighted by atomic mass is 9.79. The largest absolute Gasteiger partial charge is 0.487 e. The van der Waals surface area contributed by atoms with Gasteiger partial charge in [0.05, 0.1) is 29.4 Å². The zero-order chi connectivity index (χ0) is 25.3. The average molecular weight is 505 g/mol. The number of benzene rings is 1. The zero-order valence-electron chi connectivity index (χ0n) is 20.2. The summed E-state index contributed by atoms with van der Waals surface area (Å²) in [4.78, 5) is 29.4. The molecule has 2 aliphatic carbocycles. The lowest BCUT2D eigenvalue weighted by molar-refractivity contribution is -0.127. The number of piperazine rings is 1. The Morgan fingerprint density at radius 1 is 1.11 bits per heavy atom. The van der Waals surface area contributed by atoms with E-state index >= 15 is 4.39 Å². The topological polar surface area (TPSA) is 83.5 Å². The summed E-state index contributed by atoms with van der Waals surface area (Å²) < 4.78 is 35.6. The molecule has 2 saturated heterocycles. The molecule has 37 heavy (non-hydrogen) atoms. The quantitative estimate of drug-likeness (QED) is 0.500. The van der Waals surface area contributed by atoms with Crippen molar-refractivity contribution >= 4 is 34.3 Å². The number of anilines is 3. The second-order valence-corrected chi connectivity index (χ2v) is 10.7. The summed E-state index contributed by atoms with van der Waals surface area (Å²) in [5, 5.41) is 2.90. The molecule has 8 nitrogen and oxygen atoms in total. The third-order valence-electron chi connectivity index (χ3n) is 8.33. The summed E-state index contributed by atoms with van der Waals surface area (Å²) in [5.74, 6) is -1.15. The van der Waals surface area contributed by atoms with Gasteiger partial charge in [-0.15, -0.1) is 0 Å². The van der Waals surface area contributed by atoms with E-state index in [2.05, 4.69) is 26.8 Å². The molecule has 1 spiro atoms. The first-order chi connectivity index (χ1) is 17.9. The fraction of sp³-hybridized carbons (Fsp3) is 0.407. The van der Waals surface area contributed by atoms with Crippen molar-refractivity contribution in [3.8, 4) is 5.75 Å². The number of rotatable bonds is 6. The van der Waals surface area contributed by atoms with Crippen LogP contribution in [-0.4, -0.2) is 57.0 Å². The van der Waals surface area contributed by atoms with E-state index in [-0.39, 0.29) is 41.3 Å². The molecule has 2 saturated carbocycles. The van der Waals surface area contributed by atoms with Gasteiger partial charge in [-0.3, -0.25) is 4.79 Å². The maximum Gasteiger partial charge on any atom is 0.246 e. The van der Waals surface area contributed by atoms with Gasteiger partial charge in [0.15, 0.2) is 17.4 Å². The van der Waals surface area contributed by atoms with Crippen molar-refractivity contribution < 1.29 is 18.3 Å². The number of fused-ring (bicyclic) bond motifs is 3. The van der Waals surface area contributed by atoms with Crippen molar-refractivity contribution in [3.63, 3.8) is 0 Å². The first kappa shape index (κ1) is 22.4. The molecule has 1 amide bonds. The van der Waals surface area contributed by atoms with Crippen LogP contribution in [0.2, 0.25) is 0 Å². The van der Waals surface area contributed by atoms with Crippen LogP contribution in [0.1, 0.15) is 32.1 Å². The number of pyridine rings is 1. The zero-order valence-corrected chi connectivity index (χ0v) is 20.2. The lowest BCUT2D eigenvalue weighted by Crippen LogP contribution is -2.48. The predicted octanol–water partition coefficient (Wildman–Crippen LogP) is 4.34. The van der Waals surface area contributed by atoms with E-state index in [1.807, 2.05) is 17.0 Å². The molecule has 2 aromatic heterocycles. The third kappa shape index (κ3) is 3.69. The standard InChI is InChI=1S/C27H26F2N6O2/c1-2-22(36)35-13-15-9-16(35)12-34(15)21-6-4-19-25(33-21)26(31-14-30-19)32-18-3-5-20(24(29)23(18)28)37-17-10-27(11-17)7-8-27/h2-6,14-17H,1,7-13H2,(H,30,31,32)/t15-,16-/m0/s1. The van der Waals surface area contributed by atoms with Gasteiger partial charge >= 0.3 is 0 Å². The summed E-state index contributed by atoms with van der Waals surface area (Å²) in [7, 11) is 0. The Morgan fingerprint density at radius 3 is 2.68 bits per heavy atom. The highest BCUT2D eigenvalue weighted by Crippen LogP contribution is 2.61. The molecule has 2 bridgehead atoms. The summed E-state index contributed by atoms with van der Waals surface area (Å²) in [5.41, 5.74) is 1.39. The van der Waals surface area contributed by atoms with Crippen molar-refractivity contribution in [1.29, 1.82) is 0 Å². The smallest absolute Gasteiger partial charge is 0.246 e. The normalized spacial score (nSPS) is 23.4. The SMILES string of the molecule is C=CC(=O)N1C[C@@H]2C[C@H]1CN2c1ccc2ncnc(Nc3ccc(OC4CC5(CC5)C4)c(F)c3F)c2n1. The molecule has 10 heteroatoms. The molecule has 1 N–H and O–H groups in total. The second kappa shape index (κ2) is 8.09. The van der Waals surface area contributed by atoms with Crippen LogP contribution in [0.3, 0.4) is 0 Å². The molecule has 7 rings (SSSR count). The number of carbonyl (C=O) groups is 1. The van der Waals surface area contributed by atoms with Crippen molar-refractivity contribution in [3.05, 3.63) is 54.9 Å². The molecular weight excluding hydrogens is 478 g/mol. The number of halogens is 2. The third-order valence-corrected chi connectivity index (χ3v) is 8.33. The number of ether oxygens (including phenoxy) is 1. The minimum atomic E-state index is -1.02. The van der Waals surface area contributed by atoms with Crippen LogP contribution in [-0.2, 0) is 4.79 Å². The van der Waals surface area contributed by atoms with Crippen LogP contribution in [0.5, 0.6) is 5.75 Å². The number of likely N-dealkylation sites (tertiary alicyclic amines) is 1. The Kier molecular flexibility index (Phi) is 4.90. The van der Waals surface area contributed by atoms with Crippen LogP contribution in [0.15, 0.2) is 43.2 Å². The van der Waals surface area contributed by atoms with E-state index in [0.717, 1.165) is 25.1 Å². The highest BCUT2D eigenvalue weighted by atomic mass is 19.2. The van der Waals surface area contributed by atoms with Gasteiger partial charge in [0.1, 0.15) is 17.7 Å². The fourth-order valence-electron chi connectivity index (χ4n) is 6.12. The molecule has 1 aromatic carbocycles. The molecule has 4 fully saturated rings. The Morgan fingerprint density at radius 2 is 1.95 bits per heavy atom. The van der Waals surface area contributed by atoms with Gasteiger partial charge in [0.2, 0.25) is 11.7 Å². The van der Waals surface area contributed by atoms with Crippen molar-refractivity contribution in [2.75, 3.05) is 23.3 Å². The Bertz CT molecular complexity index is 1440. The Hall–Kier alpha value is -3.82. The van der Waals surface area contributed by atoms with Crippen molar-refractivity contribution in [2.45, 2.75) is 50.3 Å². The number of hydrogen-bond donors (Lipinski definition) is 1. The molecule has 3 aromatic rings. The van der Waals surface area contributed by atoms with E-state index in [9.17, 15) is 9.18 Å². The van der Waals surface area contributed by atoms with E-state index in [1.54, 1.807) is 0 Å². The first-order valence-corrected chi connectivity index (χ1v) is 12.7. The Labute approximate surface area is 212 Å². The highest BCUT2D eigenvalue weighted by Gasteiger charge is 2.54. The van der Waals surface area contributed by atoms with E-state index in [1.165, 1.54) is 37.4 Å². The van der Waals surface area contributed by atoms with Gasteiger partial charge < -0.3 is 19.9 Å². The number of hydrogen-bond acceptors (Lipinski definition) is 7. The van der Waals surface area contributed by atoms with Gasteiger partial charge in [0, 0.05) is 13.1 Å². The van der Waals surface area contributed by atoms with Gasteiger partial charge in [-0.2, -0.15) is 4.39 Å². The van der Waals surface area contributed by atoms with E-state index in [0.29, 0.717) is 29.5 Å². The minimum Gasteiger partial charge on any atom is -0.487 e. The maximum absolute atomic E-state index is 15.0. The van der Waals surface area contributed by atoms with E-state index in [4.69, 9.17) is 9.72 Å². The predicted molar refractivity (Wildman–Crippen MR) is 134 cm³/mol. The molecular formula is C27H26F2N6O2. The van der Waals surface area contributed by atoms with Gasteiger partial charge in [0.25, 0.3) is 0 Å². The monoisotopic (exact) mass is 504 g/mol. The molecule has 0 radical (unpaired) electrons. The van der Waals surface area contributed by atoms with Crippen molar-refractivity contribution in [2.24, 2.45) is 5.41 Å². The first-order valence-electron chi connectivity index (χ1n) is 12.7. The molecule has 4 heterocycles. The second-order valence-electron chi connectivity index (χ2n) is 10.7. The van der Waals surface area contributed by atoms with Crippen LogP contribution in [0.25, 0.3) is 11.0 Å². The molecule has 0 unspecified atom stereocenters. The van der Waals surface area contributed by atoms with Crippen molar-refractivity contribution in [1.82, 2.24) is 19.9 Å². The number of aromatic nitrogens is 3. The van der Waals surface area contributed by atoms with Crippen LogP contribution < -0.4 is 15.0 Å². The molecule has 190 valence electrons. The number of nitrogens with zero attached hydrogens (tertiary/aromatic N) is 5. The molecule has 4 aliphatic rings. The average Bonchev–Trinajstić information content (AvgIpc) is 3.43. The maximum atomic E-state index is 15.0. The van der Waals surface area contributed by atoms with E-state index < -0.39 is 11.6 Å². The van der Waals surface area contributed by atoms with Crippen LogP contribution in [0, 0.1) is 17.0 Å². The number of nitrogens with one attached hydrogen (secondary N) is 1. The number of carbonyl (C=O) groups excluding carboxylic acids is 1. The minimum absolute atomic E-state index is 0.0496. The summed E-state index contributed by atoms with van der Waals surface area (Å²) in [6, 6.07) is 6.91. The number of amides is 1. The summed E-state index contributed by atoms with van der Waals surface area (Å²) >= 11 is 0. The van der Waals surface area contributed by atoms with Gasteiger partial charge in [-0.1, -0.05) is 6.58 Å². The fourth-order valence-corrected chi connectivity index (χ4v) is 6.12. The summed E-state index contributed by atoms with van der Waals surface area (Å²) in [6.45, 7) is 4.88. The Balaban J connectivity index is 1.12. The molecule has 2 atom stereocenters.